The highest BCUT2D eigenvalue weighted by molar-refractivity contribution is 7.92. The van der Waals surface area contributed by atoms with E-state index in [0.717, 1.165) is 23.8 Å². The smallest absolute Gasteiger partial charge is 0.264 e. The lowest BCUT2D eigenvalue weighted by molar-refractivity contribution is 0.102. The molecular weight excluding hydrogens is 564 g/mol. The SMILES string of the molecule is Cc1nn(C)cc1-c1cc(C(=O)Nc2c(Cl)ccc(NS(=O)(=O)c3ccccc3F)c2F)c2ncnc(N)c2c1. The Hall–Kier alpha value is -4.62. The highest BCUT2D eigenvalue weighted by Gasteiger charge is 2.24. The van der Waals surface area contributed by atoms with E-state index < -0.39 is 43.8 Å². The van der Waals surface area contributed by atoms with Crippen LogP contribution in [-0.4, -0.2) is 34.1 Å². The molecule has 0 bridgehead atoms. The van der Waals surface area contributed by atoms with Crippen LogP contribution in [0.5, 0.6) is 0 Å². The van der Waals surface area contributed by atoms with Crippen LogP contribution in [-0.2, 0) is 17.1 Å². The van der Waals surface area contributed by atoms with Crippen molar-refractivity contribution in [1.82, 2.24) is 19.7 Å². The number of nitrogens with two attached hydrogens (primary N) is 1. The number of aromatic nitrogens is 4. The summed E-state index contributed by atoms with van der Waals surface area (Å²) < 4.78 is 58.7. The van der Waals surface area contributed by atoms with Crippen molar-refractivity contribution in [2.75, 3.05) is 15.8 Å². The minimum atomic E-state index is -4.51. The van der Waals surface area contributed by atoms with Crippen LogP contribution in [0.3, 0.4) is 0 Å². The van der Waals surface area contributed by atoms with Crippen molar-refractivity contribution in [2.45, 2.75) is 11.8 Å². The third-order valence-electron chi connectivity index (χ3n) is 6.04. The fourth-order valence-electron chi connectivity index (χ4n) is 4.19. The van der Waals surface area contributed by atoms with Gasteiger partial charge in [-0.1, -0.05) is 23.7 Å². The number of hydrogen-bond donors (Lipinski definition) is 3. The maximum Gasteiger partial charge on any atom is 0.264 e. The maximum atomic E-state index is 15.6. The van der Waals surface area contributed by atoms with Crippen LogP contribution < -0.4 is 15.8 Å². The van der Waals surface area contributed by atoms with E-state index in [-0.39, 0.29) is 21.9 Å². The van der Waals surface area contributed by atoms with Crippen molar-refractivity contribution in [1.29, 1.82) is 0 Å². The zero-order chi connectivity index (χ0) is 28.8. The molecule has 0 aliphatic carbocycles. The normalized spacial score (nSPS) is 11.5. The summed E-state index contributed by atoms with van der Waals surface area (Å²) in [5.41, 5.74) is 7.23. The summed E-state index contributed by atoms with van der Waals surface area (Å²) in [6.45, 7) is 1.80. The van der Waals surface area contributed by atoms with Crippen LogP contribution in [0.15, 0.2) is 66.0 Å². The molecule has 10 nitrogen and oxygen atoms in total. The molecule has 0 aliphatic heterocycles. The average molecular weight is 584 g/mol. The Balaban J connectivity index is 1.56. The molecule has 14 heteroatoms. The van der Waals surface area contributed by atoms with E-state index in [9.17, 15) is 17.6 Å². The van der Waals surface area contributed by atoms with Gasteiger partial charge in [0.15, 0.2) is 5.82 Å². The van der Waals surface area contributed by atoms with Crippen molar-refractivity contribution >= 4 is 55.6 Å². The van der Waals surface area contributed by atoms with E-state index in [2.05, 4.69) is 20.4 Å². The average Bonchev–Trinajstić information content (AvgIpc) is 3.25. The summed E-state index contributed by atoms with van der Waals surface area (Å²) >= 11 is 6.19. The van der Waals surface area contributed by atoms with E-state index in [0.29, 0.717) is 16.6 Å². The number of nitrogen functional groups attached to an aromatic ring is 1. The van der Waals surface area contributed by atoms with Crippen LogP contribution in [0.2, 0.25) is 5.02 Å². The minimum Gasteiger partial charge on any atom is -0.383 e. The van der Waals surface area contributed by atoms with Crippen LogP contribution in [0, 0.1) is 18.6 Å². The van der Waals surface area contributed by atoms with E-state index >= 15 is 4.39 Å². The van der Waals surface area contributed by atoms with Crippen LogP contribution in [0.4, 0.5) is 26.0 Å². The molecule has 3 aromatic carbocycles. The van der Waals surface area contributed by atoms with Gasteiger partial charge in [0, 0.05) is 24.2 Å². The first-order valence-electron chi connectivity index (χ1n) is 11.6. The summed E-state index contributed by atoms with van der Waals surface area (Å²) in [5, 5.41) is 6.90. The number of aryl methyl sites for hydroxylation is 2. The zero-order valence-corrected chi connectivity index (χ0v) is 22.5. The molecule has 0 radical (unpaired) electrons. The first kappa shape index (κ1) is 27.0. The van der Waals surface area contributed by atoms with Gasteiger partial charge < -0.3 is 11.1 Å². The number of nitrogens with one attached hydrogen (secondary N) is 2. The van der Waals surface area contributed by atoms with Gasteiger partial charge in [-0.15, -0.1) is 0 Å². The Labute approximate surface area is 231 Å². The van der Waals surface area contributed by atoms with Gasteiger partial charge in [0.2, 0.25) is 0 Å². The van der Waals surface area contributed by atoms with Gasteiger partial charge in [-0.3, -0.25) is 14.2 Å². The largest absolute Gasteiger partial charge is 0.383 e. The Kier molecular flexibility index (Phi) is 6.85. The van der Waals surface area contributed by atoms with E-state index in [1.807, 2.05) is 4.72 Å². The van der Waals surface area contributed by atoms with Crippen molar-refractivity contribution in [3.8, 4) is 11.1 Å². The molecule has 40 heavy (non-hydrogen) atoms. The molecule has 0 aliphatic rings. The molecule has 0 unspecified atom stereocenters. The number of amides is 1. The molecule has 5 aromatic rings. The summed E-state index contributed by atoms with van der Waals surface area (Å²) in [7, 11) is -2.76. The highest BCUT2D eigenvalue weighted by Crippen LogP contribution is 2.34. The van der Waals surface area contributed by atoms with Crippen molar-refractivity contribution in [2.24, 2.45) is 7.05 Å². The first-order chi connectivity index (χ1) is 19.0. The second-order valence-corrected chi connectivity index (χ2v) is 10.8. The minimum absolute atomic E-state index is 0.0256. The molecule has 2 heterocycles. The molecule has 2 aromatic heterocycles. The van der Waals surface area contributed by atoms with E-state index in [4.69, 9.17) is 17.3 Å². The summed E-state index contributed by atoms with van der Waals surface area (Å²) in [5.74, 6) is -2.88. The molecule has 204 valence electrons. The fourth-order valence-corrected chi connectivity index (χ4v) is 5.52. The van der Waals surface area contributed by atoms with E-state index in [1.165, 1.54) is 24.5 Å². The van der Waals surface area contributed by atoms with Crippen LogP contribution in [0.1, 0.15) is 16.1 Å². The fraction of sp³-hybridized carbons (Fsp3) is 0.0769. The molecular formula is C26H20ClF2N7O3S. The lowest BCUT2D eigenvalue weighted by Crippen LogP contribution is -2.18. The number of carbonyl (C=O) groups is 1. The molecule has 4 N–H and O–H groups in total. The number of sulfonamides is 1. The molecule has 0 saturated carbocycles. The third kappa shape index (κ3) is 4.92. The van der Waals surface area contributed by atoms with Crippen LogP contribution >= 0.6 is 11.6 Å². The number of fused-ring (bicyclic) bond motifs is 1. The molecule has 0 spiro atoms. The summed E-state index contributed by atoms with van der Waals surface area (Å²) in [6.07, 6.45) is 2.95. The molecule has 0 fully saturated rings. The topological polar surface area (TPSA) is 145 Å². The number of hydrogen-bond acceptors (Lipinski definition) is 7. The van der Waals surface area contributed by atoms with Gasteiger partial charge in [0.25, 0.3) is 15.9 Å². The zero-order valence-electron chi connectivity index (χ0n) is 20.9. The molecule has 5 rings (SSSR count). The Morgan fingerprint density at radius 3 is 2.55 bits per heavy atom. The summed E-state index contributed by atoms with van der Waals surface area (Å²) in [6, 6.07) is 10.1. The maximum absolute atomic E-state index is 15.6. The Morgan fingerprint density at radius 1 is 1.10 bits per heavy atom. The number of anilines is 3. The molecule has 0 saturated heterocycles. The van der Waals surface area contributed by atoms with Gasteiger partial charge in [-0.25, -0.2) is 27.2 Å². The second kappa shape index (κ2) is 10.2. The first-order valence-corrected chi connectivity index (χ1v) is 13.4. The monoisotopic (exact) mass is 583 g/mol. The number of rotatable bonds is 6. The van der Waals surface area contributed by atoms with Gasteiger partial charge in [0.05, 0.1) is 33.2 Å². The van der Waals surface area contributed by atoms with Crippen molar-refractivity contribution in [3.63, 3.8) is 0 Å². The number of benzene rings is 3. The number of halogens is 3. The predicted molar refractivity (Wildman–Crippen MR) is 147 cm³/mol. The third-order valence-corrected chi connectivity index (χ3v) is 7.75. The lowest BCUT2D eigenvalue weighted by Gasteiger charge is -2.15. The summed E-state index contributed by atoms with van der Waals surface area (Å²) in [4.78, 5) is 21.0. The van der Waals surface area contributed by atoms with Crippen molar-refractivity contribution in [3.05, 3.63) is 89.0 Å². The molecule has 0 atom stereocenters. The number of carbonyl (C=O) groups excluding carboxylic acids is 1. The Morgan fingerprint density at radius 2 is 1.85 bits per heavy atom. The quantitative estimate of drug-likeness (QED) is 0.258. The van der Waals surface area contributed by atoms with Crippen molar-refractivity contribution < 1.29 is 22.0 Å². The van der Waals surface area contributed by atoms with Gasteiger partial charge in [-0.2, -0.15) is 5.10 Å². The predicted octanol–water partition coefficient (Wildman–Crippen LogP) is 4.91. The standard InChI is InChI=1S/C26H20ClF2N7O3S/c1-13-17(11-36(2)34-13)14-9-15-23(31-12-32-25(15)30)16(10-14)26(37)33-24-18(27)7-8-20(22(24)29)35-40(38,39)21-6-4-3-5-19(21)28/h3-12,35H,1-2H3,(H,33,37)(H2,30,31,32). The van der Waals surface area contributed by atoms with E-state index in [1.54, 1.807) is 37.0 Å². The Bertz CT molecular complexity index is 1930. The lowest BCUT2D eigenvalue weighted by atomic mass is 9.99. The van der Waals surface area contributed by atoms with Gasteiger partial charge in [-0.05, 0) is 48.9 Å². The highest BCUT2D eigenvalue weighted by atomic mass is 35.5. The van der Waals surface area contributed by atoms with Crippen LogP contribution in [0.25, 0.3) is 22.0 Å². The van der Waals surface area contributed by atoms with Gasteiger partial charge >= 0.3 is 0 Å². The van der Waals surface area contributed by atoms with Gasteiger partial charge in [0.1, 0.15) is 22.9 Å². The number of nitrogens with zero attached hydrogens (tertiary/aromatic N) is 4. The second-order valence-electron chi connectivity index (χ2n) is 8.75. The molecule has 1 amide bonds.